The molecule has 4 heteroatoms. The number of fused-ring (bicyclic) bond motifs is 1. The predicted octanol–water partition coefficient (Wildman–Crippen LogP) is 3.12. The Labute approximate surface area is 124 Å². The summed E-state index contributed by atoms with van der Waals surface area (Å²) in [6.45, 7) is 4.05. The van der Waals surface area contributed by atoms with Gasteiger partial charge in [0.05, 0.1) is 6.61 Å². The smallest absolute Gasteiger partial charge is 0.127 e. The highest BCUT2D eigenvalue weighted by molar-refractivity contribution is 8.06. The zero-order valence-electron chi connectivity index (χ0n) is 11.4. The molecule has 19 heavy (non-hydrogen) atoms. The van der Waals surface area contributed by atoms with Crippen molar-refractivity contribution in [2.24, 2.45) is 0 Å². The van der Waals surface area contributed by atoms with Crippen LogP contribution in [-0.4, -0.2) is 35.7 Å². The van der Waals surface area contributed by atoms with Crippen LogP contribution in [0.5, 0.6) is 5.75 Å². The molecule has 3 rings (SSSR count). The second kappa shape index (κ2) is 6.42. The Morgan fingerprint density at radius 2 is 2.37 bits per heavy atom. The Balaban J connectivity index is 1.89. The third-order valence-corrected chi connectivity index (χ3v) is 6.58. The zero-order chi connectivity index (χ0) is 13.1. The van der Waals surface area contributed by atoms with Crippen LogP contribution >= 0.6 is 23.5 Å². The first kappa shape index (κ1) is 13.7. The molecule has 2 aliphatic rings. The van der Waals surface area contributed by atoms with E-state index >= 15 is 0 Å². The molecule has 0 bridgehead atoms. The van der Waals surface area contributed by atoms with Crippen molar-refractivity contribution in [2.75, 3.05) is 30.4 Å². The molecule has 1 saturated heterocycles. The van der Waals surface area contributed by atoms with Gasteiger partial charge in [0.25, 0.3) is 0 Å². The number of ether oxygens (including phenoxy) is 1. The molecule has 0 amide bonds. The molecule has 2 unspecified atom stereocenters. The summed E-state index contributed by atoms with van der Waals surface area (Å²) in [7, 11) is 0. The first-order chi connectivity index (χ1) is 9.40. The third kappa shape index (κ3) is 2.91. The van der Waals surface area contributed by atoms with E-state index in [-0.39, 0.29) is 0 Å². The molecule has 1 aromatic rings. The molecule has 2 atom stereocenters. The first-order valence-electron chi connectivity index (χ1n) is 7.07. The van der Waals surface area contributed by atoms with Crippen molar-refractivity contribution in [1.82, 2.24) is 5.32 Å². The zero-order valence-corrected chi connectivity index (χ0v) is 13.0. The Kier molecular flexibility index (Phi) is 4.61. The van der Waals surface area contributed by atoms with Gasteiger partial charge in [-0.2, -0.15) is 23.5 Å². The van der Waals surface area contributed by atoms with Gasteiger partial charge in [-0.15, -0.1) is 0 Å². The molecule has 1 aromatic carbocycles. The number of hydrogen-bond acceptors (Lipinski definition) is 4. The maximum absolute atomic E-state index is 5.89. The van der Waals surface area contributed by atoms with Gasteiger partial charge in [-0.1, -0.05) is 25.1 Å². The van der Waals surface area contributed by atoms with E-state index in [4.69, 9.17) is 4.74 Å². The molecule has 2 heterocycles. The van der Waals surface area contributed by atoms with E-state index in [9.17, 15) is 0 Å². The summed E-state index contributed by atoms with van der Waals surface area (Å²) in [5.74, 6) is 4.97. The lowest BCUT2D eigenvalue weighted by atomic mass is 9.99. The van der Waals surface area contributed by atoms with E-state index in [0.29, 0.717) is 11.3 Å². The van der Waals surface area contributed by atoms with Crippen molar-refractivity contribution >= 4 is 23.5 Å². The SMILES string of the molecule is CCNC(c1cccc2c1OCC2)C1CSCCS1. The van der Waals surface area contributed by atoms with E-state index in [1.807, 2.05) is 0 Å². The Bertz CT molecular complexity index is 432. The molecular weight excluding hydrogens is 274 g/mol. The van der Waals surface area contributed by atoms with Gasteiger partial charge in [0, 0.05) is 40.5 Å². The van der Waals surface area contributed by atoms with Crippen LogP contribution in [0.2, 0.25) is 0 Å². The maximum atomic E-state index is 5.89. The summed E-state index contributed by atoms with van der Waals surface area (Å²) in [6.07, 6.45) is 1.06. The lowest BCUT2D eigenvalue weighted by molar-refractivity contribution is 0.348. The molecule has 1 N–H and O–H groups in total. The maximum Gasteiger partial charge on any atom is 0.127 e. The lowest BCUT2D eigenvalue weighted by Crippen LogP contribution is -2.33. The highest BCUT2D eigenvalue weighted by Gasteiger charge is 2.29. The highest BCUT2D eigenvalue weighted by atomic mass is 32.2. The molecule has 2 nitrogen and oxygen atoms in total. The van der Waals surface area contributed by atoms with E-state index in [1.54, 1.807) is 0 Å². The Morgan fingerprint density at radius 1 is 1.42 bits per heavy atom. The normalized spacial score (nSPS) is 23.7. The monoisotopic (exact) mass is 295 g/mol. The number of benzene rings is 1. The fourth-order valence-electron chi connectivity index (χ4n) is 2.85. The largest absolute Gasteiger partial charge is 0.493 e. The fraction of sp³-hybridized carbons (Fsp3) is 0.600. The van der Waals surface area contributed by atoms with Gasteiger partial charge < -0.3 is 10.1 Å². The number of thioether (sulfide) groups is 2. The van der Waals surface area contributed by atoms with Crippen LogP contribution < -0.4 is 10.1 Å². The van der Waals surface area contributed by atoms with Crippen LogP contribution in [0.3, 0.4) is 0 Å². The molecule has 104 valence electrons. The number of nitrogens with one attached hydrogen (secondary N) is 1. The van der Waals surface area contributed by atoms with Crippen LogP contribution in [-0.2, 0) is 6.42 Å². The minimum absolute atomic E-state index is 0.427. The summed E-state index contributed by atoms with van der Waals surface area (Å²) in [5.41, 5.74) is 2.76. The minimum atomic E-state index is 0.427. The van der Waals surface area contributed by atoms with Crippen molar-refractivity contribution in [3.8, 4) is 5.75 Å². The first-order valence-corrected chi connectivity index (χ1v) is 9.28. The molecule has 0 aromatic heterocycles. The van der Waals surface area contributed by atoms with Gasteiger partial charge >= 0.3 is 0 Å². The minimum Gasteiger partial charge on any atom is -0.493 e. The summed E-state index contributed by atoms with van der Waals surface area (Å²) >= 11 is 4.20. The van der Waals surface area contributed by atoms with Crippen LogP contribution in [0.1, 0.15) is 24.1 Å². The number of para-hydroxylation sites is 1. The summed E-state index contributed by atoms with van der Waals surface area (Å²) < 4.78 is 5.89. The molecule has 1 fully saturated rings. The molecule has 2 aliphatic heterocycles. The van der Waals surface area contributed by atoms with Crippen LogP contribution in [0.4, 0.5) is 0 Å². The van der Waals surface area contributed by atoms with Crippen LogP contribution in [0, 0.1) is 0 Å². The molecular formula is C15H21NOS2. The fourth-order valence-corrected chi connectivity index (χ4v) is 5.70. The van der Waals surface area contributed by atoms with E-state index in [0.717, 1.165) is 25.3 Å². The lowest BCUT2D eigenvalue weighted by Gasteiger charge is -2.31. The molecule has 0 aliphatic carbocycles. The van der Waals surface area contributed by atoms with Crippen molar-refractivity contribution < 1.29 is 4.74 Å². The van der Waals surface area contributed by atoms with Gasteiger partial charge in [0.2, 0.25) is 0 Å². The van der Waals surface area contributed by atoms with Crippen LogP contribution in [0.15, 0.2) is 18.2 Å². The summed E-state index contributed by atoms with van der Waals surface area (Å²) in [4.78, 5) is 0. The Morgan fingerprint density at radius 3 is 3.16 bits per heavy atom. The van der Waals surface area contributed by atoms with Crippen LogP contribution in [0.25, 0.3) is 0 Å². The van der Waals surface area contributed by atoms with Gasteiger partial charge in [-0.25, -0.2) is 0 Å². The molecule has 0 radical (unpaired) electrons. The topological polar surface area (TPSA) is 21.3 Å². The molecule has 0 spiro atoms. The van der Waals surface area contributed by atoms with Crippen molar-refractivity contribution in [2.45, 2.75) is 24.6 Å². The van der Waals surface area contributed by atoms with E-state index in [1.165, 1.54) is 28.4 Å². The van der Waals surface area contributed by atoms with Crippen molar-refractivity contribution in [1.29, 1.82) is 0 Å². The van der Waals surface area contributed by atoms with E-state index in [2.05, 4.69) is 54.0 Å². The average molecular weight is 295 g/mol. The van der Waals surface area contributed by atoms with Gasteiger partial charge in [0.15, 0.2) is 0 Å². The number of hydrogen-bond donors (Lipinski definition) is 1. The van der Waals surface area contributed by atoms with E-state index < -0.39 is 0 Å². The van der Waals surface area contributed by atoms with Gasteiger partial charge in [-0.3, -0.25) is 0 Å². The second-order valence-corrected chi connectivity index (χ2v) is 7.45. The quantitative estimate of drug-likeness (QED) is 0.921. The summed E-state index contributed by atoms with van der Waals surface area (Å²) in [5, 5.41) is 4.35. The third-order valence-electron chi connectivity index (χ3n) is 3.72. The Hall–Kier alpha value is -0.320. The predicted molar refractivity (Wildman–Crippen MR) is 85.6 cm³/mol. The summed E-state index contributed by atoms with van der Waals surface area (Å²) in [6, 6.07) is 7.07. The van der Waals surface area contributed by atoms with Crippen molar-refractivity contribution in [3.05, 3.63) is 29.3 Å². The van der Waals surface area contributed by atoms with Crippen molar-refractivity contribution in [3.63, 3.8) is 0 Å². The number of rotatable bonds is 4. The molecule has 0 saturated carbocycles. The highest BCUT2D eigenvalue weighted by Crippen LogP contribution is 2.40. The standard InChI is InChI=1S/C15H21NOS2/c1-2-16-14(13-10-18-8-9-19-13)12-5-3-4-11-6-7-17-15(11)12/h3-5,13-14,16H,2,6-10H2,1H3. The average Bonchev–Trinajstić information content (AvgIpc) is 2.94. The second-order valence-electron chi connectivity index (χ2n) is 4.95. The van der Waals surface area contributed by atoms with Gasteiger partial charge in [-0.05, 0) is 12.1 Å². The van der Waals surface area contributed by atoms with Gasteiger partial charge in [0.1, 0.15) is 5.75 Å².